The summed E-state index contributed by atoms with van der Waals surface area (Å²) < 4.78 is 17.0. The molecule has 0 N–H and O–H groups in total. The molecule has 20 heavy (non-hydrogen) atoms. The Morgan fingerprint density at radius 2 is 1.60 bits per heavy atom. The van der Waals surface area contributed by atoms with Crippen LogP contribution in [-0.4, -0.2) is 29.3 Å². The van der Waals surface area contributed by atoms with Crippen LogP contribution >= 0.6 is 0 Å². The molecule has 3 nitrogen and oxygen atoms in total. The van der Waals surface area contributed by atoms with Crippen LogP contribution in [0.4, 0.5) is 0 Å². The van der Waals surface area contributed by atoms with Crippen LogP contribution in [0.15, 0.2) is 12.7 Å². The largest absolute Gasteiger partial charge is 0.425 e. The van der Waals surface area contributed by atoms with Gasteiger partial charge in [0.25, 0.3) is 20.0 Å². The van der Waals surface area contributed by atoms with Gasteiger partial charge in [-0.05, 0) is 12.8 Å². The first-order chi connectivity index (χ1) is 9.88. The topological polar surface area (TPSA) is 27.7 Å². The van der Waals surface area contributed by atoms with Crippen molar-refractivity contribution >= 4 is 29.3 Å². The minimum Gasteiger partial charge on any atom is -0.425 e. The summed E-state index contributed by atoms with van der Waals surface area (Å²) in [5.74, 6) is 0. The second-order valence-electron chi connectivity index (χ2n) is 5.69. The molecule has 1 unspecified atom stereocenters. The first-order valence-corrected chi connectivity index (χ1v) is 12.2. The zero-order chi connectivity index (χ0) is 14.5. The molecule has 0 spiro atoms. The van der Waals surface area contributed by atoms with Gasteiger partial charge in [0.15, 0.2) is 0 Å². The Balaban J connectivity index is 2.05. The molecule has 0 aromatic rings. The van der Waals surface area contributed by atoms with Crippen LogP contribution in [0.2, 0.25) is 5.54 Å². The molecule has 0 radical (unpaired) electrons. The molecule has 0 aromatic heterocycles. The molecule has 0 bridgehead atoms. The molecule has 6 heteroatoms. The summed E-state index contributed by atoms with van der Waals surface area (Å²) in [4.78, 5) is 0. The number of hydrogen-bond acceptors (Lipinski definition) is 3. The molecule has 0 aliphatic carbocycles. The van der Waals surface area contributed by atoms with Crippen molar-refractivity contribution in [3.05, 3.63) is 12.7 Å². The maximum absolute atomic E-state index is 5.84. The summed E-state index contributed by atoms with van der Waals surface area (Å²) in [5.41, 5.74) is 0.636. The lowest BCUT2D eigenvalue weighted by atomic mass is 10.1. The molecule has 1 atom stereocenters. The van der Waals surface area contributed by atoms with E-state index in [1.807, 2.05) is 6.08 Å². The molecular formula is C14H32O3Si3. The Bertz CT molecular complexity index is 236. The fourth-order valence-corrected chi connectivity index (χ4v) is 10.9. The van der Waals surface area contributed by atoms with Crippen LogP contribution in [0.25, 0.3) is 0 Å². The van der Waals surface area contributed by atoms with Gasteiger partial charge in [0.2, 0.25) is 0 Å². The first kappa shape index (κ1) is 18.3. The Morgan fingerprint density at radius 1 is 1.00 bits per heavy atom. The van der Waals surface area contributed by atoms with Gasteiger partial charge in [-0.15, -0.1) is 6.58 Å². The second kappa shape index (κ2) is 13.0. The summed E-state index contributed by atoms with van der Waals surface area (Å²) in [6.07, 6.45) is 15.4. The van der Waals surface area contributed by atoms with E-state index in [2.05, 4.69) is 13.5 Å². The van der Waals surface area contributed by atoms with Crippen LogP contribution in [0, 0.1) is 0 Å². The fraction of sp³-hybridized carbons (Fsp3) is 0.857. The van der Waals surface area contributed by atoms with Crippen molar-refractivity contribution in [1.82, 2.24) is 0 Å². The number of allylic oxidation sites excluding steroid dienone is 1. The van der Waals surface area contributed by atoms with E-state index in [9.17, 15) is 0 Å². The maximum Gasteiger partial charge on any atom is 0.306 e. The highest BCUT2D eigenvalue weighted by Crippen LogP contribution is 2.26. The molecule has 1 aliphatic heterocycles. The summed E-state index contributed by atoms with van der Waals surface area (Å²) in [5, 5.41) is 0. The van der Waals surface area contributed by atoms with Gasteiger partial charge in [-0.2, -0.15) is 0 Å². The lowest BCUT2D eigenvalue weighted by molar-refractivity contribution is 0.307. The molecule has 0 aromatic carbocycles. The summed E-state index contributed by atoms with van der Waals surface area (Å²) in [6, 6.07) is 0. The highest BCUT2D eigenvalue weighted by molar-refractivity contribution is 6.62. The van der Waals surface area contributed by atoms with Crippen LogP contribution < -0.4 is 0 Å². The van der Waals surface area contributed by atoms with E-state index in [0.29, 0.717) is 5.54 Å². The third-order valence-corrected chi connectivity index (χ3v) is 10.3. The van der Waals surface area contributed by atoms with E-state index in [0.717, 1.165) is 6.42 Å². The standard InChI is InChI=1S/C14H32O3Si3/c1-3-5-6-7-8-9-10-11-13-14(12-4-2)20-16-18-15-19-17-20/h4,14,20H,2-3,5-13,18-19H2,1H3. The first-order valence-electron chi connectivity index (χ1n) is 8.30. The zero-order valence-corrected chi connectivity index (χ0v) is 17.1. The quantitative estimate of drug-likeness (QED) is 0.312. The van der Waals surface area contributed by atoms with Gasteiger partial charge in [0.05, 0.1) is 0 Å². The molecule has 1 saturated heterocycles. The lowest BCUT2D eigenvalue weighted by Gasteiger charge is -2.28. The van der Waals surface area contributed by atoms with Crippen molar-refractivity contribution in [2.24, 2.45) is 0 Å². The minimum absolute atomic E-state index is 0.636. The van der Waals surface area contributed by atoms with Crippen LogP contribution in [0.3, 0.4) is 0 Å². The minimum atomic E-state index is -1.41. The molecule has 1 heterocycles. The van der Waals surface area contributed by atoms with Crippen molar-refractivity contribution in [2.75, 3.05) is 0 Å². The third kappa shape index (κ3) is 8.53. The Kier molecular flexibility index (Phi) is 11.9. The molecule has 0 saturated carbocycles. The zero-order valence-electron chi connectivity index (χ0n) is 13.1. The van der Waals surface area contributed by atoms with Gasteiger partial charge in [-0.1, -0.05) is 64.4 Å². The van der Waals surface area contributed by atoms with Crippen LogP contribution in [0.1, 0.15) is 71.1 Å². The van der Waals surface area contributed by atoms with E-state index in [1.54, 1.807) is 0 Å². The Morgan fingerprint density at radius 3 is 2.20 bits per heavy atom. The van der Waals surface area contributed by atoms with E-state index < -0.39 is 29.3 Å². The Hall–Kier alpha value is 0.271. The van der Waals surface area contributed by atoms with Crippen LogP contribution in [0.5, 0.6) is 0 Å². The molecule has 118 valence electrons. The van der Waals surface area contributed by atoms with Crippen LogP contribution in [-0.2, 0) is 12.3 Å². The van der Waals surface area contributed by atoms with E-state index in [-0.39, 0.29) is 0 Å². The van der Waals surface area contributed by atoms with Crippen molar-refractivity contribution < 1.29 is 12.3 Å². The van der Waals surface area contributed by atoms with Crippen molar-refractivity contribution in [2.45, 2.75) is 76.7 Å². The summed E-state index contributed by atoms with van der Waals surface area (Å²) >= 11 is 0. The van der Waals surface area contributed by atoms with Crippen molar-refractivity contribution in [3.63, 3.8) is 0 Å². The highest BCUT2D eigenvalue weighted by Gasteiger charge is 2.27. The average Bonchev–Trinajstić information content (AvgIpc) is 2.50. The van der Waals surface area contributed by atoms with Crippen molar-refractivity contribution in [1.29, 1.82) is 0 Å². The monoisotopic (exact) mass is 332 g/mol. The predicted molar refractivity (Wildman–Crippen MR) is 93.3 cm³/mol. The van der Waals surface area contributed by atoms with Crippen molar-refractivity contribution in [3.8, 4) is 0 Å². The van der Waals surface area contributed by atoms with E-state index >= 15 is 0 Å². The smallest absolute Gasteiger partial charge is 0.306 e. The molecule has 1 aliphatic rings. The van der Waals surface area contributed by atoms with E-state index in [4.69, 9.17) is 12.3 Å². The normalized spacial score (nSPS) is 23.1. The van der Waals surface area contributed by atoms with Gasteiger partial charge in [-0.25, -0.2) is 0 Å². The van der Waals surface area contributed by atoms with Gasteiger partial charge in [-0.3, -0.25) is 0 Å². The average molecular weight is 333 g/mol. The second-order valence-corrected chi connectivity index (χ2v) is 12.1. The molecule has 0 amide bonds. The summed E-state index contributed by atoms with van der Waals surface area (Å²) in [6.45, 7) is 6.16. The van der Waals surface area contributed by atoms with E-state index in [1.165, 1.54) is 57.8 Å². The summed E-state index contributed by atoms with van der Waals surface area (Å²) in [7, 11) is -2.76. The van der Waals surface area contributed by atoms with Gasteiger partial charge in [0, 0.05) is 5.54 Å². The number of unbranched alkanes of at least 4 members (excludes halogenated alkanes) is 7. The number of hydrogen-bond donors (Lipinski definition) is 0. The number of rotatable bonds is 12. The molecular weight excluding hydrogens is 300 g/mol. The predicted octanol–water partition coefficient (Wildman–Crippen LogP) is 2.75. The molecule has 1 rings (SSSR count). The maximum atomic E-state index is 5.84. The van der Waals surface area contributed by atoms with Gasteiger partial charge in [0.1, 0.15) is 0 Å². The lowest BCUT2D eigenvalue weighted by Crippen LogP contribution is -2.38. The molecule has 1 fully saturated rings. The fourth-order valence-electron chi connectivity index (χ4n) is 2.70. The van der Waals surface area contributed by atoms with Gasteiger partial charge < -0.3 is 12.3 Å². The SMILES string of the molecule is C=CCC(CCCCCCCCCC)[SiH]1O[SiH2]O[SiH2]O1. The van der Waals surface area contributed by atoms with Gasteiger partial charge >= 0.3 is 9.28 Å². The Labute approximate surface area is 131 Å². The third-order valence-electron chi connectivity index (χ3n) is 3.91. The highest BCUT2D eigenvalue weighted by atomic mass is 28.4.